The summed E-state index contributed by atoms with van der Waals surface area (Å²) in [6.07, 6.45) is 3.97. The van der Waals surface area contributed by atoms with Crippen LogP contribution in [0.15, 0.2) is 24.3 Å². The third-order valence-corrected chi connectivity index (χ3v) is 4.14. The van der Waals surface area contributed by atoms with Crippen LogP contribution in [0, 0.1) is 0 Å². The van der Waals surface area contributed by atoms with Gasteiger partial charge in [0.1, 0.15) is 0 Å². The van der Waals surface area contributed by atoms with Crippen LogP contribution in [-0.2, 0) is 6.54 Å². The van der Waals surface area contributed by atoms with Gasteiger partial charge in [0.2, 0.25) is 0 Å². The molecule has 0 aromatic heterocycles. The van der Waals surface area contributed by atoms with Crippen LogP contribution in [0.4, 0.5) is 5.69 Å². The van der Waals surface area contributed by atoms with Crippen LogP contribution in [0.2, 0.25) is 0 Å². The molecule has 1 aromatic rings. The van der Waals surface area contributed by atoms with Gasteiger partial charge in [0.15, 0.2) is 0 Å². The van der Waals surface area contributed by atoms with Crippen LogP contribution < -0.4 is 10.2 Å². The van der Waals surface area contributed by atoms with Gasteiger partial charge in [-0.2, -0.15) is 0 Å². The highest BCUT2D eigenvalue weighted by Gasteiger charge is 2.25. The average Bonchev–Trinajstić information content (AvgIpc) is 2.61. The molecule has 1 unspecified atom stereocenters. The molecule has 1 heterocycles. The van der Waals surface area contributed by atoms with Crippen molar-refractivity contribution in [3.05, 3.63) is 29.8 Å². The quantitative estimate of drug-likeness (QED) is 0.812. The van der Waals surface area contributed by atoms with Gasteiger partial charge in [-0.05, 0) is 50.8 Å². The van der Waals surface area contributed by atoms with Crippen molar-refractivity contribution in [2.45, 2.75) is 51.7 Å². The molecule has 2 N–H and O–H groups in total. The molecule has 2 rings (SSSR count). The number of nitrogens with zero attached hydrogens (tertiary/aromatic N) is 1. The molecule has 112 valence electrons. The van der Waals surface area contributed by atoms with Gasteiger partial charge < -0.3 is 15.3 Å². The standard InChI is InChI=1S/C17H28N2O/c1-3-11-18-14-15-7-4-5-8-16(15)19-12-6-9-17(2,20)10-13-19/h4-5,7-8,18,20H,3,6,9-14H2,1-2H3. The normalized spacial score (nSPS) is 23.6. The minimum absolute atomic E-state index is 0.496. The predicted molar refractivity (Wildman–Crippen MR) is 85.1 cm³/mol. The topological polar surface area (TPSA) is 35.5 Å². The Kier molecular flexibility index (Phi) is 5.44. The van der Waals surface area contributed by atoms with E-state index in [1.165, 1.54) is 11.3 Å². The van der Waals surface area contributed by atoms with Crippen molar-refractivity contribution in [3.8, 4) is 0 Å². The average molecular weight is 276 g/mol. The van der Waals surface area contributed by atoms with Crippen LogP contribution in [-0.4, -0.2) is 30.3 Å². The van der Waals surface area contributed by atoms with E-state index in [2.05, 4.69) is 41.4 Å². The molecule has 0 amide bonds. The first-order chi connectivity index (χ1) is 9.62. The zero-order valence-electron chi connectivity index (χ0n) is 12.9. The van der Waals surface area contributed by atoms with Crippen molar-refractivity contribution in [3.63, 3.8) is 0 Å². The van der Waals surface area contributed by atoms with Crippen LogP contribution in [0.5, 0.6) is 0 Å². The van der Waals surface area contributed by atoms with Crippen LogP contribution >= 0.6 is 0 Å². The third-order valence-electron chi connectivity index (χ3n) is 4.14. The summed E-state index contributed by atoms with van der Waals surface area (Å²) in [5.74, 6) is 0. The Balaban J connectivity index is 2.07. The summed E-state index contributed by atoms with van der Waals surface area (Å²) in [6, 6.07) is 8.64. The summed E-state index contributed by atoms with van der Waals surface area (Å²) in [4.78, 5) is 2.43. The smallest absolute Gasteiger partial charge is 0.0637 e. The Hall–Kier alpha value is -1.06. The molecular formula is C17H28N2O. The number of hydrogen-bond donors (Lipinski definition) is 2. The third kappa shape index (κ3) is 4.22. The lowest BCUT2D eigenvalue weighted by molar-refractivity contribution is 0.0481. The van der Waals surface area contributed by atoms with Crippen molar-refractivity contribution in [2.75, 3.05) is 24.5 Å². The second-order valence-corrected chi connectivity index (χ2v) is 6.14. The molecule has 20 heavy (non-hydrogen) atoms. The summed E-state index contributed by atoms with van der Waals surface area (Å²) in [6.45, 7) is 8.12. The maximum Gasteiger partial charge on any atom is 0.0637 e. The summed E-state index contributed by atoms with van der Waals surface area (Å²) in [5.41, 5.74) is 2.20. The molecule has 3 heteroatoms. The minimum Gasteiger partial charge on any atom is -0.390 e. The fourth-order valence-corrected chi connectivity index (χ4v) is 2.87. The van der Waals surface area contributed by atoms with Gasteiger partial charge in [0.05, 0.1) is 5.60 Å². The van der Waals surface area contributed by atoms with Gasteiger partial charge in [-0.25, -0.2) is 0 Å². The van der Waals surface area contributed by atoms with Crippen LogP contribution in [0.1, 0.15) is 45.1 Å². The predicted octanol–water partition coefficient (Wildman–Crippen LogP) is 2.93. The second kappa shape index (κ2) is 7.09. The van der Waals surface area contributed by atoms with Crippen molar-refractivity contribution >= 4 is 5.69 Å². The molecule has 0 bridgehead atoms. The number of nitrogens with one attached hydrogen (secondary N) is 1. The first kappa shape index (κ1) is 15.3. The lowest BCUT2D eigenvalue weighted by Crippen LogP contribution is -2.29. The number of anilines is 1. The number of rotatable bonds is 5. The van der Waals surface area contributed by atoms with Gasteiger partial charge in [-0.15, -0.1) is 0 Å². The Morgan fingerprint density at radius 3 is 2.85 bits per heavy atom. The van der Waals surface area contributed by atoms with Crippen LogP contribution in [0.3, 0.4) is 0 Å². The fourth-order valence-electron chi connectivity index (χ4n) is 2.87. The van der Waals surface area contributed by atoms with E-state index in [1.807, 2.05) is 6.92 Å². The van der Waals surface area contributed by atoms with E-state index in [0.29, 0.717) is 0 Å². The maximum atomic E-state index is 10.2. The van der Waals surface area contributed by atoms with E-state index in [4.69, 9.17) is 0 Å². The lowest BCUT2D eigenvalue weighted by atomic mass is 9.98. The molecule has 1 atom stereocenters. The highest BCUT2D eigenvalue weighted by Crippen LogP contribution is 2.27. The molecule has 1 fully saturated rings. The van der Waals surface area contributed by atoms with Crippen molar-refractivity contribution < 1.29 is 5.11 Å². The Morgan fingerprint density at radius 2 is 2.05 bits per heavy atom. The lowest BCUT2D eigenvalue weighted by Gasteiger charge is -2.26. The highest BCUT2D eigenvalue weighted by molar-refractivity contribution is 5.53. The van der Waals surface area contributed by atoms with Crippen LogP contribution in [0.25, 0.3) is 0 Å². The SMILES string of the molecule is CCCNCc1ccccc1N1CCCC(C)(O)CC1. The summed E-state index contributed by atoms with van der Waals surface area (Å²) < 4.78 is 0. The van der Waals surface area contributed by atoms with E-state index < -0.39 is 5.60 Å². The zero-order valence-corrected chi connectivity index (χ0v) is 12.9. The van der Waals surface area contributed by atoms with Gasteiger partial charge in [0, 0.05) is 25.3 Å². The molecule has 0 saturated carbocycles. The first-order valence-electron chi connectivity index (χ1n) is 7.88. The number of hydrogen-bond acceptors (Lipinski definition) is 3. The van der Waals surface area contributed by atoms with E-state index in [-0.39, 0.29) is 0 Å². The molecular weight excluding hydrogens is 248 g/mol. The molecule has 0 aliphatic carbocycles. The summed E-state index contributed by atoms with van der Waals surface area (Å²) in [5, 5.41) is 13.7. The monoisotopic (exact) mass is 276 g/mol. The molecule has 3 nitrogen and oxygen atoms in total. The molecule has 1 saturated heterocycles. The second-order valence-electron chi connectivity index (χ2n) is 6.14. The Morgan fingerprint density at radius 1 is 1.25 bits per heavy atom. The number of aliphatic hydroxyl groups is 1. The van der Waals surface area contributed by atoms with Crippen molar-refractivity contribution in [1.29, 1.82) is 0 Å². The number of benzene rings is 1. The largest absolute Gasteiger partial charge is 0.390 e. The maximum absolute atomic E-state index is 10.2. The Labute approximate surface area is 123 Å². The van der Waals surface area contributed by atoms with Crippen molar-refractivity contribution in [1.82, 2.24) is 5.32 Å². The Bertz CT molecular complexity index is 417. The van der Waals surface area contributed by atoms with Gasteiger partial charge in [-0.1, -0.05) is 25.1 Å². The van der Waals surface area contributed by atoms with Gasteiger partial charge in [0.25, 0.3) is 0 Å². The summed E-state index contributed by atoms with van der Waals surface area (Å²) >= 11 is 0. The summed E-state index contributed by atoms with van der Waals surface area (Å²) in [7, 11) is 0. The van der Waals surface area contributed by atoms with Gasteiger partial charge >= 0.3 is 0 Å². The molecule has 0 spiro atoms. The fraction of sp³-hybridized carbons (Fsp3) is 0.647. The molecule has 1 aliphatic rings. The van der Waals surface area contributed by atoms with E-state index >= 15 is 0 Å². The molecule has 1 aromatic carbocycles. The first-order valence-corrected chi connectivity index (χ1v) is 7.88. The van der Waals surface area contributed by atoms with Crippen molar-refractivity contribution in [2.24, 2.45) is 0 Å². The molecule has 0 radical (unpaired) electrons. The molecule has 1 aliphatic heterocycles. The van der Waals surface area contributed by atoms with E-state index in [0.717, 1.165) is 51.9 Å². The van der Waals surface area contributed by atoms with Gasteiger partial charge in [-0.3, -0.25) is 0 Å². The minimum atomic E-state index is -0.496. The zero-order chi connectivity index (χ0) is 14.4. The van der Waals surface area contributed by atoms with E-state index in [9.17, 15) is 5.11 Å². The number of para-hydroxylation sites is 1. The van der Waals surface area contributed by atoms with E-state index in [1.54, 1.807) is 0 Å². The highest BCUT2D eigenvalue weighted by atomic mass is 16.3.